The molecule has 4 rings (SSSR count). The van der Waals surface area contributed by atoms with Gasteiger partial charge in [-0.25, -0.2) is 4.79 Å². The van der Waals surface area contributed by atoms with Gasteiger partial charge in [0.05, 0.1) is 5.41 Å². The molecule has 7 heteroatoms. The molecule has 0 spiro atoms. The molecule has 4 saturated carbocycles. The Balaban J connectivity index is 1.91. The Morgan fingerprint density at radius 3 is 1.91 bits per heavy atom. The largest absolute Gasteiger partial charge is 0.509 e. The lowest BCUT2D eigenvalue weighted by atomic mass is 9.47. The zero-order valence-electron chi connectivity index (χ0n) is 13.6. The van der Waals surface area contributed by atoms with Gasteiger partial charge in [0.2, 0.25) is 0 Å². The standard InChI is InChI=1S/C16H22I2O5/c1-12(2,3)22-11(21)23-16-6-13(10(19)20)4-14(17,8-16)7-15(18,5-13)9-16/h4-9H2,1-3H3,(H,19,20). The summed E-state index contributed by atoms with van der Waals surface area (Å²) in [6, 6.07) is 0. The quantitative estimate of drug-likeness (QED) is 0.313. The Morgan fingerprint density at radius 2 is 1.48 bits per heavy atom. The summed E-state index contributed by atoms with van der Waals surface area (Å²) in [4.78, 5) is 24.2. The van der Waals surface area contributed by atoms with Crippen molar-refractivity contribution >= 4 is 57.3 Å². The van der Waals surface area contributed by atoms with Gasteiger partial charge in [-0.3, -0.25) is 4.79 Å². The van der Waals surface area contributed by atoms with E-state index in [4.69, 9.17) is 9.47 Å². The minimum Gasteiger partial charge on any atom is -0.481 e. The third kappa shape index (κ3) is 3.32. The average Bonchev–Trinajstić information content (AvgIpc) is 2.18. The van der Waals surface area contributed by atoms with Crippen molar-refractivity contribution in [3.63, 3.8) is 0 Å². The van der Waals surface area contributed by atoms with Crippen LogP contribution in [0.5, 0.6) is 0 Å². The molecular formula is C16H22I2O5. The Morgan fingerprint density at radius 1 is 0.957 bits per heavy atom. The third-order valence-electron chi connectivity index (χ3n) is 5.03. The van der Waals surface area contributed by atoms with Crippen LogP contribution < -0.4 is 0 Å². The van der Waals surface area contributed by atoms with E-state index in [9.17, 15) is 14.7 Å². The molecule has 0 saturated heterocycles. The summed E-state index contributed by atoms with van der Waals surface area (Å²) in [5, 5.41) is 9.86. The number of hydrogen-bond acceptors (Lipinski definition) is 4. The van der Waals surface area contributed by atoms with Crippen molar-refractivity contribution in [3.05, 3.63) is 0 Å². The molecule has 2 atom stereocenters. The Kier molecular flexibility index (Phi) is 4.00. The van der Waals surface area contributed by atoms with Crippen molar-refractivity contribution in [3.8, 4) is 0 Å². The fraction of sp³-hybridized carbons (Fsp3) is 0.875. The molecular weight excluding hydrogens is 526 g/mol. The molecule has 4 bridgehead atoms. The van der Waals surface area contributed by atoms with E-state index in [1.807, 2.05) is 0 Å². The maximum absolute atomic E-state index is 12.2. The van der Waals surface area contributed by atoms with E-state index in [-0.39, 0.29) is 6.84 Å². The van der Waals surface area contributed by atoms with Gasteiger partial charge in [-0.2, -0.15) is 0 Å². The second-order valence-corrected chi connectivity index (χ2v) is 13.3. The van der Waals surface area contributed by atoms with Gasteiger partial charge < -0.3 is 14.6 Å². The first kappa shape index (κ1) is 18.0. The molecule has 130 valence electrons. The Bertz CT molecular complexity index is 549. The monoisotopic (exact) mass is 548 g/mol. The van der Waals surface area contributed by atoms with Crippen molar-refractivity contribution in [1.29, 1.82) is 0 Å². The van der Waals surface area contributed by atoms with Gasteiger partial charge in [0.1, 0.15) is 11.2 Å². The summed E-state index contributed by atoms with van der Waals surface area (Å²) in [5.74, 6) is -0.754. The zero-order chi connectivity index (χ0) is 17.3. The van der Waals surface area contributed by atoms with Crippen molar-refractivity contribution in [2.45, 2.75) is 77.3 Å². The van der Waals surface area contributed by atoms with E-state index in [2.05, 4.69) is 45.2 Å². The maximum Gasteiger partial charge on any atom is 0.509 e. The Labute approximate surface area is 163 Å². The lowest BCUT2D eigenvalue weighted by molar-refractivity contribution is -0.185. The lowest BCUT2D eigenvalue weighted by Crippen LogP contribution is -2.68. The molecule has 0 aromatic rings. The van der Waals surface area contributed by atoms with Crippen LogP contribution in [0, 0.1) is 5.41 Å². The smallest absolute Gasteiger partial charge is 0.481 e. The summed E-state index contributed by atoms with van der Waals surface area (Å²) in [7, 11) is 0. The minimum atomic E-state index is -0.779. The number of carbonyl (C=O) groups excluding carboxylic acids is 1. The van der Waals surface area contributed by atoms with Gasteiger partial charge in [0, 0.05) is 26.1 Å². The van der Waals surface area contributed by atoms with Gasteiger partial charge in [-0.1, -0.05) is 45.2 Å². The summed E-state index contributed by atoms with van der Waals surface area (Å²) in [6.45, 7) is 5.39. The van der Waals surface area contributed by atoms with Crippen LogP contribution in [0.4, 0.5) is 4.79 Å². The number of carbonyl (C=O) groups is 2. The first-order valence-corrected chi connectivity index (χ1v) is 9.98. The number of hydrogen-bond donors (Lipinski definition) is 1. The van der Waals surface area contributed by atoms with Gasteiger partial charge >= 0.3 is 12.1 Å². The zero-order valence-corrected chi connectivity index (χ0v) is 17.9. The first-order valence-electron chi connectivity index (χ1n) is 7.82. The number of alkyl halides is 2. The van der Waals surface area contributed by atoms with Gasteiger partial charge in [-0.15, -0.1) is 0 Å². The number of aliphatic carboxylic acids is 1. The molecule has 0 aromatic heterocycles. The topological polar surface area (TPSA) is 72.8 Å². The molecule has 2 unspecified atom stereocenters. The fourth-order valence-corrected chi connectivity index (χ4v) is 10.1. The van der Waals surface area contributed by atoms with E-state index in [1.165, 1.54) is 0 Å². The second-order valence-electron chi connectivity index (χ2n) is 8.70. The molecule has 4 aliphatic rings. The van der Waals surface area contributed by atoms with Gasteiger partial charge in [0.25, 0.3) is 0 Å². The normalized spacial score (nSPS) is 44.9. The van der Waals surface area contributed by atoms with Crippen molar-refractivity contribution in [2.75, 3.05) is 0 Å². The summed E-state index contributed by atoms with van der Waals surface area (Å²) >= 11 is 4.81. The highest BCUT2D eigenvalue weighted by atomic mass is 127. The highest BCUT2D eigenvalue weighted by molar-refractivity contribution is 14.1. The van der Waals surface area contributed by atoms with Gasteiger partial charge in [0.15, 0.2) is 0 Å². The molecule has 0 radical (unpaired) electrons. The van der Waals surface area contributed by atoms with Crippen LogP contribution in [0.15, 0.2) is 0 Å². The van der Waals surface area contributed by atoms with Gasteiger partial charge in [-0.05, 0) is 40.0 Å². The van der Waals surface area contributed by atoms with Crippen molar-refractivity contribution in [2.24, 2.45) is 5.41 Å². The molecule has 5 nitrogen and oxygen atoms in total. The van der Waals surface area contributed by atoms with E-state index in [1.54, 1.807) is 20.8 Å². The molecule has 0 heterocycles. The lowest BCUT2D eigenvalue weighted by Gasteiger charge is -2.65. The van der Waals surface area contributed by atoms with E-state index in [0.717, 1.165) is 19.3 Å². The number of rotatable bonds is 2. The molecule has 4 fully saturated rings. The van der Waals surface area contributed by atoms with Crippen molar-refractivity contribution in [1.82, 2.24) is 0 Å². The fourth-order valence-electron chi connectivity index (χ4n) is 5.08. The molecule has 0 aromatic carbocycles. The number of carboxylic acid groups (broad SMARTS) is 1. The minimum absolute atomic E-state index is 0.117. The highest BCUT2D eigenvalue weighted by Crippen LogP contribution is 2.70. The van der Waals surface area contributed by atoms with E-state index >= 15 is 0 Å². The molecule has 23 heavy (non-hydrogen) atoms. The third-order valence-corrected chi connectivity index (χ3v) is 7.31. The van der Waals surface area contributed by atoms with Crippen LogP contribution in [0.1, 0.15) is 59.3 Å². The van der Waals surface area contributed by atoms with Crippen LogP contribution in [0.25, 0.3) is 0 Å². The molecule has 1 N–H and O–H groups in total. The number of carboxylic acids is 1. The van der Waals surface area contributed by atoms with Crippen LogP contribution in [-0.2, 0) is 14.3 Å². The molecule has 0 aliphatic heterocycles. The summed E-state index contributed by atoms with van der Waals surface area (Å²) in [5.41, 5.74) is -2.11. The van der Waals surface area contributed by atoms with Crippen molar-refractivity contribution < 1.29 is 24.2 Å². The predicted octanol–water partition coefficient (Wildman–Crippen LogP) is 4.48. The van der Waals surface area contributed by atoms with Crippen LogP contribution >= 0.6 is 45.2 Å². The maximum atomic E-state index is 12.2. The summed E-state index contributed by atoms with van der Waals surface area (Å²) < 4.78 is 10.9. The number of ether oxygens (including phenoxy) is 2. The Hall–Kier alpha value is 0.200. The number of halogens is 2. The van der Waals surface area contributed by atoms with Crippen LogP contribution in [0.3, 0.4) is 0 Å². The van der Waals surface area contributed by atoms with E-state index in [0.29, 0.717) is 19.3 Å². The molecule has 0 amide bonds. The first-order chi connectivity index (χ1) is 10.3. The predicted molar refractivity (Wildman–Crippen MR) is 101 cm³/mol. The average molecular weight is 548 g/mol. The SMILES string of the molecule is CC(C)(C)OC(=O)OC12CC3(I)CC(I)(C1)CC(C(=O)O)(C3)C2. The van der Waals surface area contributed by atoms with Crippen LogP contribution in [0.2, 0.25) is 0 Å². The second kappa shape index (κ2) is 5.11. The van der Waals surface area contributed by atoms with Crippen LogP contribution in [-0.4, -0.2) is 35.3 Å². The molecule has 4 aliphatic carbocycles. The highest BCUT2D eigenvalue weighted by Gasteiger charge is 2.71. The van der Waals surface area contributed by atoms with E-state index < -0.39 is 28.7 Å². The summed E-state index contributed by atoms with van der Waals surface area (Å²) in [6.07, 6.45) is 3.49.